The van der Waals surface area contributed by atoms with Gasteiger partial charge in [-0.1, -0.05) is 43.0 Å². The van der Waals surface area contributed by atoms with Gasteiger partial charge in [0.2, 0.25) is 5.78 Å². The van der Waals surface area contributed by atoms with Gasteiger partial charge in [0.25, 0.3) is 0 Å². The zero-order valence-corrected chi connectivity index (χ0v) is 9.22. The van der Waals surface area contributed by atoms with Gasteiger partial charge in [-0.05, 0) is 0 Å². The first-order chi connectivity index (χ1) is 8.15. The number of ketones is 2. The summed E-state index contributed by atoms with van der Waals surface area (Å²) in [5, 5.41) is 0. The van der Waals surface area contributed by atoms with Gasteiger partial charge in [0.15, 0.2) is 5.78 Å². The zero-order valence-electron chi connectivity index (χ0n) is 9.22. The molecule has 0 bridgehead atoms. The SMILES string of the molecule is C=CCOC(=O)C(=O)CC(=O)c1ccccc1. The van der Waals surface area contributed by atoms with Gasteiger partial charge in [0.1, 0.15) is 6.61 Å². The number of hydrogen-bond acceptors (Lipinski definition) is 4. The van der Waals surface area contributed by atoms with Gasteiger partial charge < -0.3 is 4.74 Å². The second kappa shape index (κ2) is 6.37. The summed E-state index contributed by atoms with van der Waals surface area (Å²) in [6.45, 7) is 3.31. The second-order valence-electron chi connectivity index (χ2n) is 3.28. The van der Waals surface area contributed by atoms with Crippen molar-refractivity contribution in [3.8, 4) is 0 Å². The van der Waals surface area contributed by atoms with Crippen LogP contribution in [0.5, 0.6) is 0 Å². The topological polar surface area (TPSA) is 60.4 Å². The molecule has 1 rings (SSSR count). The largest absolute Gasteiger partial charge is 0.456 e. The Morgan fingerprint density at radius 2 is 1.82 bits per heavy atom. The van der Waals surface area contributed by atoms with Crippen molar-refractivity contribution in [1.82, 2.24) is 0 Å². The number of carbonyl (C=O) groups is 3. The summed E-state index contributed by atoms with van der Waals surface area (Å²) in [7, 11) is 0. The number of benzene rings is 1. The Bertz CT molecular complexity index is 434. The van der Waals surface area contributed by atoms with Gasteiger partial charge in [-0.2, -0.15) is 0 Å². The van der Waals surface area contributed by atoms with E-state index in [2.05, 4.69) is 11.3 Å². The Labute approximate surface area is 98.9 Å². The summed E-state index contributed by atoms with van der Waals surface area (Å²) >= 11 is 0. The van der Waals surface area contributed by atoms with Crippen LogP contribution in [0.15, 0.2) is 43.0 Å². The first-order valence-corrected chi connectivity index (χ1v) is 5.04. The fraction of sp³-hybridized carbons (Fsp3) is 0.154. The van der Waals surface area contributed by atoms with E-state index >= 15 is 0 Å². The third-order valence-corrected chi connectivity index (χ3v) is 1.98. The molecular weight excluding hydrogens is 220 g/mol. The number of Topliss-reactive ketones (excluding diaryl/α,β-unsaturated/α-hetero) is 2. The van der Waals surface area contributed by atoms with Crippen LogP contribution in [0.3, 0.4) is 0 Å². The van der Waals surface area contributed by atoms with Crippen molar-refractivity contribution in [2.24, 2.45) is 0 Å². The molecule has 0 aliphatic carbocycles. The first kappa shape index (κ1) is 12.8. The Balaban J connectivity index is 2.55. The zero-order chi connectivity index (χ0) is 12.7. The van der Waals surface area contributed by atoms with E-state index in [9.17, 15) is 14.4 Å². The molecule has 0 atom stereocenters. The molecule has 1 aromatic carbocycles. The Hall–Kier alpha value is -2.23. The van der Waals surface area contributed by atoms with E-state index in [-0.39, 0.29) is 6.61 Å². The lowest BCUT2D eigenvalue weighted by atomic mass is 10.1. The summed E-state index contributed by atoms with van der Waals surface area (Å²) < 4.78 is 4.53. The molecule has 0 saturated heterocycles. The highest BCUT2D eigenvalue weighted by Crippen LogP contribution is 2.03. The normalized spacial score (nSPS) is 9.41. The van der Waals surface area contributed by atoms with Crippen LogP contribution in [0.4, 0.5) is 0 Å². The lowest BCUT2D eigenvalue weighted by Crippen LogP contribution is -2.20. The molecule has 0 spiro atoms. The van der Waals surface area contributed by atoms with Crippen molar-refractivity contribution in [2.45, 2.75) is 6.42 Å². The van der Waals surface area contributed by atoms with Crippen LogP contribution in [0, 0.1) is 0 Å². The first-order valence-electron chi connectivity index (χ1n) is 5.04. The molecule has 88 valence electrons. The molecule has 4 nitrogen and oxygen atoms in total. The van der Waals surface area contributed by atoms with Gasteiger partial charge in [-0.25, -0.2) is 4.79 Å². The van der Waals surface area contributed by atoms with Gasteiger partial charge in [0, 0.05) is 5.56 Å². The van der Waals surface area contributed by atoms with E-state index in [0.717, 1.165) is 0 Å². The van der Waals surface area contributed by atoms with Crippen molar-refractivity contribution in [2.75, 3.05) is 6.61 Å². The third kappa shape index (κ3) is 4.03. The van der Waals surface area contributed by atoms with E-state index in [1.54, 1.807) is 30.3 Å². The number of esters is 1. The van der Waals surface area contributed by atoms with Gasteiger partial charge in [0.05, 0.1) is 6.42 Å². The molecule has 4 heteroatoms. The maximum Gasteiger partial charge on any atom is 0.375 e. The predicted octanol–water partition coefficient (Wildman–Crippen LogP) is 1.56. The molecule has 1 aromatic rings. The van der Waals surface area contributed by atoms with Crippen LogP contribution < -0.4 is 0 Å². The molecule has 0 aliphatic heterocycles. The van der Waals surface area contributed by atoms with Crippen LogP contribution in [-0.4, -0.2) is 24.1 Å². The Morgan fingerprint density at radius 3 is 2.41 bits per heavy atom. The quantitative estimate of drug-likeness (QED) is 0.245. The minimum absolute atomic E-state index is 0.0376. The highest BCUT2D eigenvalue weighted by molar-refractivity contribution is 6.38. The van der Waals surface area contributed by atoms with Gasteiger partial charge >= 0.3 is 5.97 Å². The smallest absolute Gasteiger partial charge is 0.375 e. The van der Waals surface area contributed by atoms with Gasteiger partial charge in [-0.15, -0.1) is 0 Å². The van der Waals surface area contributed by atoms with Crippen LogP contribution in [0.25, 0.3) is 0 Å². The minimum Gasteiger partial charge on any atom is -0.456 e. The summed E-state index contributed by atoms with van der Waals surface area (Å²) in [5.74, 6) is -2.25. The molecule has 0 radical (unpaired) electrons. The Morgan fingerprint density at radius 1 is 1.18 bits per heavy atom. The molecule has 0 aliphatic rings. The summed E-state index contributed by atoms with van der Waals surface area (Å²) in [4.78, 5) is 34.0. The number of carbonyl (C=O) groups excluding carboxylic acids is 3. The molecule has 0 unspecified atom stereocenters. The van der Waals surface area contributed by atoms with Crippen LogP contribution >= 0.6 is 0 Å². The maximum atomic E-state index is 11.6. The maximum absolute atomic E-state index is 11.6. The molecule has 0 fully saturated rings. The number of hydrogen-bond donors (Lipinski definition) is 0. The van der Waals surface area contributed by atoms with E-state index in [4.69, 9.17) is 0 Å². The minimum atomic E-state index is -1.01. The average Bonchev–Trinajstić information content (AvgIpc) is 2.36. The van der Waals surface area contributed by atoms with E-state index in [1.165, 1.54) is 6.08 Å². The summed E-state index contributed by atoms with van der Waals surface area (Å²) in [5.41, 5.74) is 0.400. The molecule has 0 amide bonds. The highest BCUT2D eigenvalue weighted by Gasteiger charge is 2.19. The molecule has 0 saturated carbocycles. The van der Waals surface area contributed by atoms with E-state index in [0.29, 0.717) is 5.56 Å². The fourth-order valence-electron chi connectivity index (χ4n) is 1.16. The Kier molecular flexibility index (Phi) is 4.81. The number of rotatable bonds is 6. The van der Waals surface area contributed by atoms with Gasteiger partial charge in [-0.3, -0.25) is 9.59 Å². The monoisotopic (exact) mass is 232 g/mol. The molecule has 0 N–H and O–H groups in total. The summed E-state index contributed by atoms with van der Waals surface area (Å²) in [6, 6.07) is 8.31. The van der Waals surface area contributed by atoms with Crippen molar-refractivity contribution in [3.05, 3.63) is 48.6 Å². The van der Waals surface area contributed by atoms with Crippen molar-refractivity contribution >= 4 is 17.5 Å². The lowest BCUT2D eigenvalue weighted by molar-refractivity contribution is -0.152. The molecule has 0 aromatic heterocycles. The molecule has 0 heterocycles. The average molecular weight is 232 g/mol. The molecular formula is C13H12O4. The molecule has 17 heavy (non-hydrogen) atoms. The van der Waals surface area contributed by atoms with Crippen LogP contribution in [0.2, 0.25) is 0 Å². The highest BCUT2D eigenvalue weighted by atomic mass is 16.5. The van der Waals surface area contributed by atoms with Crippen molar-refractivity contribution in [3.63, 3.8) is 0 Å². The second-order valence-corrected chi connectivity index (χ2v) is 3.28. The van der Waals surface area contributed by atoms with E-state index < -0.39 is 24.0 Å². The van der Waals surface area contributed by atoms with E-state index in [1.807, 2.05) is 0 Å². The lowest BCUT2D eigenvalue weighted by Gasteiger charge is -2.01. The van der Waals surface area contributed by atoms with Crippen LogP contribution in [0.1, 0.15) is 16.8 Å². The third-order valence-electron chi connectivity index (χ3n) is 1.98. The standard InChI is InChI=1S/C13H12O4/c1-2-8-17-13(16)12(15)9-11(14)10-6-4-3-5-7-10/h2-7H,1,8-9H2. The number of ether oxygens (including phenoxy) is 1. The predicted molar refractivity (Wildman–Crippen MR) is 61.6 cm³/mol. The van der Waals surface area contributed by atoms with Crippen molar-refractivity contribution < 1.29 is 19.1 Å². The summed E-state index contributed by atoms with van der Waals surface area (Å²) in [6.07, 6.45) is 0.879. The van der Waals surface area contributed by atoms with Crippen molar-refractivity contribution in [1.29, 1.82) is 0 Å². The van der Waals surface area contributed by atoms with Crippen LogP contribution in [-0.2, 0) is 14.3 Å². The fourth-order valence-corrected chi connectivity index (χ4v) is 1.16.